The molecule has 3 rings (SSSR count). The number of hydrogen-bond donors (Lipinski definition) is 0. The van der Waals surface area contributed by atoms with Gasteiger partial charge in [0.25, 0.3) is 0 Å². The molecule has 0 aliphatic rings. The van der Waals surface area contributed by atoms with E-state index < -0.39 is 0 Å². The number of rotatable bonds is 4. The van der Waals surface area contributed by atoms with Crippen LogP contribution < -0.4 is 0 Å². The second kappa shape index (κ2) is 5.54. The minimum absolute atomic E-state index is 0.255. The highest BCUT2D eigenvalue weighted by Crippen LogP contribution is 2.27. The van der Waals surface area contributed by atoms with Gasteiger partial charge in [0.05, 0.1) is 16.7 Å². The maximum absolute atomic E-state index is 4.83. The fourth-order valence-corrected chi connectivity index (χ4v) is 3.44. The summed E-state index contributed by atoms with van der Waals surface area (Å²) in [7, 11) is 2.10. The van der Waals surface area contributed by atoms with Crippen LogP contribution in [-0.4, -0.2) is 27.2 Å². The summed E-state index contributed by atoms with van der Waals surface area (Å²) in [6.07, 6.45) is 0. The van der Waals surface area contributed by atoms with Crippen molar-refractivity contribution in [3.63, 3.8) is 0 Å². The van der Waals surface area contributed by atoms with Gasteiger partial charge in [0.2, 0.25) is 0 Å². The van der Waals surface area contributed by atoms with Crippen molar-refractivity contribution in [1.29, 1.82) is 0 Å². The Morgan fingerprint density at radius 2 is 2.10 bits per heavy atom. The van der Waals surface area contributed by atoms with Gasteiger partial charge in [0.15, 0.2) is 0 Å². The van der Waals surface area contributed by atoms with Crippen molar-refractivity contribution in [2.24, 2.45) is 0 Å². The third kappa shape index (κ3) is 2.69. The average Bonchev–Trinajstić information content (AvgIpc) is 3.04. The molecule has 0 bridgehead atoms. The van der Waals surface area contributed by atoms with Crippen LogP contribution in [0.25, 0.3) is 11.0 Å². The lowest BCUT2D eigenvalue weighted by Gasteiger charge is -2.24. The smallest absolute Gasteiger partial charge is 0.139 e. The molecule has 0 saturated carbocycles. The van der Waals surface area contributed by atoms with Crippen molar-refractivity contribution >= 4 is 22.4 Å². The highest BCUT2D eigenvalue weighted by atomic mass is 32.1. The van der Waals surface area contributed by atoms with E-state index in [0.717, 1.165) is 33.8 Å². The maximum atomic E-state index is 4.83. The molecule has 0 aliphatic carbocycles. The molecule has 0 amide bonds. The van der Waals surface area contributed by atoms with Crippen LogP contribution in [0, 0.1) is 13.8 Å². The molecule has 0 fully saturated rings. The summed E-state index contributed by atoms with van der Waals surface area (Å²) < 4.78 is 4.83. The van der Waals surface area contributed by atoms with Gasteiger partial charge in [-0.1, -0.05) is 12.1 Å². The summed E-state index contributed by atoms with van der Waals surface area (Å²) in [5.74, 6) is 0. The predicted molar refractivity (Wildman–Crippen MR) is 83.3 cm³/mol. The molecule has 1 atom stereocenters. The van der Waals surface area contributed by atoms with Gasteiger partial charge >= 0.3 is 0 Å². The Morgan fingerprint density at radius 3 is 2.81 bits per heavy atom. The van der Waals surface area contributed by atoms with E-state index in [0.29, 0.717) is 0 Å². The Kier molecular flexibility index (Phi) is 3.73. The zero-order valence-corrected chi connectivity index (χ0v) is 13.4. The quantitative estimate of drug-likeness (QED) is 0.738. The third-order valence-corrected chi connectivity index (χ3v) is 4.69. The maximum Gasteiger partial charge on any atom is 0.139 e. The van der Waals surface area contributed by atoms with Crippen LogP contribution in [-0.2, 0) is 6.54 Å². The first-order valence-corrected chi connectivity index (χ1v) is 7.72. The highest BCUT2D eigenvalue weighted by Gasteiger charge is 2.19. The van der Waals surface area contributed by atoms with Gasteiger partial charge in [-0.2, -0.15) is 0 Å². The van der Waals surface area contributed by atoms with Gasteiger partial charge in [0, 0.05) is 11.4 Å². The molecule has 0 saturated heterocycles. The molecule has 5 nitrogen and oxygen atoms in total. The van der Waals surface area contributed by atoms with E-state index in [4.69, 9.17) is 4.63 Å². The molecule has 1 unspecified atom stereocenters. The molecule has 0 radical (unpaired) electrons. The molecular weight excluding hydrogens is 284 g/mol. The fraction of sp³-hybridized carbons (Fsp3) is 0.400. The topological polar surface area (TPSA) is 55.1 Å². The summed E-state index contributed by atoms with van der Waals surface area (Å²) in [5, 5.41) is 9.01. The van der Waals surface area contributed by atoms with E-state index >= 15 is 0 Å². The third-order valence-electron chi connectivity index (χ3n) is 3.79. The van der Waals surface area contributed by atoms with Gasteiger partial charge in [-0.15, -0.1) is 11.3 Å². The molecule has 1 aromatic carbocycles. The number of benzene rings is 1. The van der Waals surface area contributed by atoms with Gasteiger partial charge in [-0.3, -0.25) is 4.90 Å². The van der Waals surface area contributed by atoms with Crippen molar-refractivity contribution in [2.75, 3.05) is 7.05 Å². The van der Waals surface area contributed by atoms with Crippen molar-refractivity contribution in [1.82, 2.24) is 20.2 Å². The normalized spacial score (nSPS) is 13.2. The number of fused-ring (bicyclic) bond motifs is 1. The van der Waals surface area contributed by atoms with Gasteiger partial charge < -0.3 is 0 Å². The lowest BCUT2D eigenvalue weighted by molar-refractivity contribution is 0.249. The van der Waals surface area contributed by atoms with Gasteiger partial charge in [-0.25, -0.2) is 9.61 Å². The summed E-state index contributed by atoms with van der Waals surface area (Å²) in [6, 6.07) is 6.21. The monoisotopic (exact) mass is 302 g/mol. The van der Waals surface area contributed by atoms with Crippen molar-refractivity contribution in [3.05, 3.63) is 39.3 Å². The summed E-state index contributed by atoms with van der Waals surface area (Å²) in [5.41, 5.74) is 3.91. The fourth-order valence-electron chi connectivity index (χ4n) is 2.54. The zero-order chi connectivity index (χ0) is 15.0. The van der Waals surface area contributed by atoms with Crippen LogP contribution in [0.1, 0.15) is 34.1 Å². The molecule has 2 heterocycles. The summed E-state index contributed by atoms with van der Waals surface area (Å²) in [4.78, 5) is 8.21. The number of thiazole rings is 1. The molecule has 0 aliphatic heterocycles. The first kappa shape index (κ1) is 14.2. The molecule has 2 aromatic heterocycles. The Hall–Kier alpha value is -1.79. The van der Waals surface area contributed by atoms with Gasteiger partial charge in [0.1, 0.15) is 11.0 Å². The predicted octanol–water partition coefficient (Wildman–Crippen LogP) is 3.49. The van der Waals surface area contributed by atoms with Crippen molar-refractivity contribution < 1.29 is 4.63 Å². The number of aryl methyl sites for hydroxylation is 2. The van der Waals surface area contributed by atoms with Crippen LogP contribution in [0.4, 0.5) is 0 Å². The first-order valence-electron chi connectivity index (χ1n) is 6.90. The van der Waals surface area contributed by atoms with Crippen LogP contribution in [0.2, 0.25) is 0 Å². The summed E-state index contributed by atoms with van der Waals surface area (Å²) in [6.45, 7) is 7.15. The molecule has 0 spiro atoms. The SMILES string of the molecule is Cc1nc(C(C)N(C)Cc2cccc3nonc23)c(C)s1. The van der Waals surface area contributed by atoms with E-state index in [1.165, 1.54) is 4.88 Å². The molecule has 3 aromatic rings. The van der Waals surface area contributed by atoms with Crippen LogP contribution >= 0.6 is 11.3 Å². The largest absolute Gasteiger partial charge is 0.294 e. The molecule has 110 valence electrons. The Bertz CT molecular complexity index is 764. The van der Waals surface area contributed by atoms with Crippen molar-refractivity contribution in [2.45, 2.75) is 33.4 Å². The highest BCUT2D eigenvalue weighted by molar-refractivity contribution is 7.11. The Balaban J connectivity index is 1.84. The lowest BCUT2D eigenvalue weighted by atomic mass is 10.1. The Labute approximate surface area is 127 Å². The van der Waals surface area contributed by atoms with Crippen molar-refractivity contribution in [3.8, 4) is 0 Å². The average molecular weight is 302 g/mol. The van der Waals surface area contributed by atoms with E-state index in [1.54, 1.807) is 11.3 Å². The number of nitrogens with zero attached hydrogens (tertiary/aromatic N) is 4. The molecule has 6 heteroatoms. The Morgan fingerprint density at radius 1 is 1.29 bits per heavy atom. The number of hydrogen-bond acceptors (Lipinski definition) is 6. The van der Waals surface area contributed by atoms with Crippen LogP contribution in [0.15, 0.2) is 22.8 Å². The first-order chi connectivity index (χ1) is 10.1. The van der Waals surface area contributed by atoms with Gasteiger partial charge in [-0.05, 0) is 49.8 Å². The van der Waals surface area contributed by atoms with Crippen LogP contribution in [0.5, 0.6) is 0 Å². The minimum Gasteiger partial charge on any atom is -0.294 e. The summed E-state index contributed by atoms with van der Waals surface area (Å²) >= 11 is 1.75. The molecule has 21 heavy (non-hydrogen) atoms. The van der Waals surface area contributed by atoms with E-state index in [2.05, 4.69) is 54.1 Å². The van der Waals surface area contributed by atoms with E-state index in [-0.39, 0.29) is 6.04 Å². The lowest BCUT2D eigenvalue weighted by Crippen LogP contribution is -2.23. The van der Waals surface area contributed by atoms with Crippen LogP contribution in [0.3, 0.4) is 0 Å². The second-order valence-corrected chi connectivity index (χ2v) is 6.72. The molecule has 0 N–H and O–H groups in total. The van der Waals surface area contributed by atoms with E-state index in [9.17, 15) is 0 Å². The zero-order valence-electron chi connectivity index (χ0n) is 12.6. The standard InChI is InChI=1S/C15H18N4OS/c1-9(14-10(2)21-11(3)16-14)19(4)8-12-6-5-7-13-15(12)18-20-17-13/h5-7,9H,8H2,1-4H3. The number of aromatic nitrogens is 3. The second-order valence-electron chi connectivity index (χ2n) is 5.31. The molecular formula is C15H18N4OS. The minimum atomic E-state index is 0.255. The van der Waals surface area contributed by atoms with E-state index in [1.807, 2.05) is 12.1 Å².